The lowest BCUT2D eigenvalue weighted by Crippen LogP contribution is -2.30. The van der Waals surface area contributed by atoms with Gasteiger partial charge in [0.15, 0.2) is 17.6 Å². The number of ether oxygens (including phenoxy) is 3. The fraction of sp³-hybridized carbons (Fsp3) is 0.200. The van der Waals surface area contributed by atoms with Crippen molar-refractivity contribution in [3.05, 3.63) is 54.3 Å². The Morgan fingerprint density at radius 2 is 1.81 bits per heavy atom. The molecule has 4 rings (SSSR count). The zero-order valence-electron chi connectivity index (χ0n) is 14.6. The lowest BCUT2D eigenvalue weighted by atomic mass is 10.2. The first-order valence-electron chi connectivity index (χ1n) is 8.50. The normalized spacial score (nSPS) is 13.8. The quantitative estimate of drug-likeness (QED) is 0.712. The molecule has 7 heteroatoms. The number of furan rings is 1. The van der Waals surface area contributed by atoms with Gasteiger partial charge in [-0.05, 0) is 31.2 Å². The number of fused-ring (bicyclic) bond motifs is 2. The molecule has 2 heterocycles. The summed E-state index contributed by atoms with van der Waals surface area (Å²) in [6.45, 7) is 2.44. The SMILES string of the molecule is C[C@@H](OC(=O)c1cc2ccccc2o1)C(=O)Nc1ccc2c(c1)OCCO2. The van der Waals surface area contributed by atoms with Gasteiger partial charge in [0.25, 0.3) is 5.91 Å². The predicted octanol–water partition coefficient (Wildman–Crippen LogP) is 3.39. The van der Waals surface area contributed by atoms with Crippen LogP contribution in [0.1, 0.15) is 17.5 Å². The average Bonchev–Trinajstić information content (AvgIpc) is 3.12. The van der Waals surface area contributed by atoms with E-state index in [1.165, 1.54) is 6.92 Å². The zero-order valence-corrected chi connectivity index (χ0v) is 14.6. The Bertz CT molecular complexity index is 976. The highest BCUT2D eigenvalue weighted by Gasteiger charge is 2.22. The molecule has 0 spiro atoms. The van der Waals surface area contributed by atoms with Crippen molar-refractivity contribution < 1.29 is 28.2 Å². The summed E-state index contributed by atoms with van der Waals surface area (Å²) in [5.41, 5.74) is 1.11. The monoisotopic (exact) mass is 367 g/mol. The van der Waals surface area contributed by atoms with Gasteiger partial charge in [0, 0.05) is 17.1 Å². The van der Waals surface area contributed by atoms with E-state index in [0.29, 0.717) is 36.0 Å². The maximum Gasteiger partial charge on any atom is 0.375 e. The maximum absolute atomic E-state index is 12.3. The molecule has 0 fully saturated rings. The highest BCUT2D eigenvalue weighted by atomic mass is 16.6. The standard InChI is InChI=1S/C20H17NO6/c1-12(26-20(23)18-10-13-4-2-3-5-15(13)27-18)19(22)21-14-6-7-16-17(11-14)25-9-8-24-16/h2-7,10-12H,8-9H2,1H3,(H,21,22)/t12-/m1/s1. The molecule has 7 nitrogen and oxygen atoms in total. The van der Waals surface area contributed by atoms with Crippen LogP contribution in [-0.4, -0.2) is 31.2 Å². The van der Waals surface area contributed by atoms with Gasteiger partial charge in [-0.15, -0.1) is 0 Å². The second kappa shape index (κ2) is 7.03. The summed E-state index contributed by atoms with van der Waals surface area (Å²) in [6.07, 6.45) is -1.00. The van der Waals surface area contributed by atoms with E-state index in [1.807, 2.05) is 18.2 Å². The van der Waals surface area contributed by atoms with Gasteiger partial charge in [-0.1, -0.05) is 18.2 Å². The summed E-state index contributed by atoms with van der Waals surface area (Å²) in [4.78, 5) is 24.6. The number of anilines is 1. The molecular weight excluding hydrogens is 350 g/mol. The molecule has 0 unspecified atom stereocenters. The van der Waals surface area contributed by atoms with E-state index in [9.17, 15) is 9.59 Å². The van der Waals surface area contributed by atoms with Gasteiger partial charge in [0.05, 0.1) is 0 Å². The van der Waals surface area contributed by atoms with Crippen LogP contribution in [0.5, 0.6) is 11.5 Å². The molecule has 1 aliphatic heterocycles. The molecule has 1 atom stereocenters. The number of nitrogens with one attached hydrogen (secondary N) is 1. The van der Waals surface area contributed by atoms with E-state index in [4.69, 9.17) is 18.6 Å². The Morgan fingerprint density at radius 1 is 1.04 bits per heavy atom. The first-order chi connectivity index (χ1) is 13.1. The van der Waals surface area contributed by atoms with Crippen molar-refractivity contribution in [1.82, 2.24) is 0 Å². The van der Waals surface area contributed by atoms with E-state index in [-0.39, 0.29) is 5.76 Å². The van der Waals surface area contributed by atoms with Gasteiger partial charge in [0.1, 0.15) is 18.8 Å². The molecule has 0 aliphatic carbocycles. The van der Waals surface area contributed by atoms with Crippen molar-refractivity contribution >= 4 is 28.5 Å². The molecule has 27 heavy (non-hydrogen) atoms. The van der Waals surface area contributed by atoms with Crippen LogP contribution in [0.2, 0.25) is 0 Å². The van der Waals surface area contributed by atoms with Crippen LogP contribution < -0.4 is 14.8 Å². The molecule has 3 aromatic rings. The zero-order chi connectivity index (χ0) is 18.8. The number of hydrogen-bond donors (Lipinski definition) is 1. The van der Waals surface area contributed by atoms with Crippen LogP contribution in [0, 0.1) is 0 Å². The Balaban J connectivity index is 1.40. The highest BCUT2D eigenvalue weighted by Crippen LogP contribution is 2.32. The molecule has 1 amide bonds. The third kappa shape index (κ3) is 3.57. The first kappa shape index (κ1) is 17.0. The van der Waals surface area contributed by atoms with Crippen LogP contribution >= 0.6 is 0 Å². The van der Waals surface area contributed by atoms with Gasteiger partial charge in [-0.2, -0.15) is 0 Å². The third-order valence-electron chi connectivity index (χ3n) is 4.09. The molecular formula is C20H17NO6. The number of benzene rings is 2. The number of para-hydroxylation sites is 1. The summed E-state index contributed by atoms with van der Waals surface area (Å²) in [6, 6.07) is 13.9. The van der Waals surface area contributed by atoms with Crippen molar-refractivity contribution in [2.45, 2.75) is 13.0 Å². The lowest BCUT2D eigenvalue weighted by molar-refractivity contribution is -0.123. The molecule has 1 aromatic heterocycles. The van der Waals surface area contributed by atoms with Gasteiger partial charge in [-0.25, -0.2) is 4.79 Å². The summed E-state index contributed by atoms with van der Waals surface area (Å²) >= 11 is 0. The minimum Gasteiger partial charge on any atom is -0.486 e. The van der Waals surface area contributed by atoms with Crippen LogP contribution in [0.25, 0.3) is 11.0 Å². The summed E-state index contributed by atoms with van der Waals surface area (Å²) in [5, 5.41) is 3.48. The number of hydrogen-bond acceptors (Lipinski definition) is 6. The molecule has 0 saturated carbocycles. The van der Waals surface area contributed by atoms with Crippen molar-refractivity contribution in [3.8, 4) is 11.5 Å². The summed E-state index contributed by atoms with van der Waals surface area (Å²) < 4.78 is 21.6. The van der Waals surface area contributed by atoms with Crippen LogP contribution in [-0.2, 0) is 9.53 Å². The topological polar surface area (TPSA) is 87.0 Å². The first-order valence-corrected chi connectivity index (χ1v) is 8.50. The Kier molecular flexibility index (Phi) is 4.42. The molecule has 0 bridgehead atoms. The predicted molar refractivity (Wildman–Crippen MR) is 97.2 cm³/mol. The molecule has 1 aliphatic rings. The Hall–Kier alpha value is -3.48. The largest absolute Gasteiger partial charge is 0.486 e. The fourth-order valence-electron chi connectivity index (χ4n) is 2.72. The van der Waals surface area contributed by atoms with E-state index >= 15 is 0 Å². The highest BCUT2D eigenvalue weighted by molar-refractivity contribution is 5.98. The number of carbonyl (C=O) groups excluding carboxylic acids is 2. The van der Waals surface area contributed by atoms with E-state index in [0.717, 1.165) is 5.39 Å². The van der Waals surface area contributed by atoms with Crippen molar-refractivity contribution in [2.75, 3.05) is 18.5 Å². The molecule has 0 radical (unpaired) electrons. The number of carbonyl (C=O) groups is 2. The number of amides is 1. The lowest BCUT2D eigenvalue weighted by Gasteiger charge is -2.19. The molecule has 138 valence electrons. The van der Waals surface area contributed by atoms with Crippen molar-refractivity contribution in [2.24, 2.45) is 0 Å². The summed E-state index contributed by atoms with van der Waals surface area (Å²) in [5.74, 6) is 0.0805. The minimum absolute atomic E-state index is 0.0511. The van der Waals surface area contributed by atoms with Crippen LogP contribution in [0.4, 0.5) is 5.69 Å². The minimum atomic E-state index is -1.00. The van der Waals surface area contributed by atoms with Crippen molar-refractivity contribution in [3.63, 3.8) is 0 Å². The van der Waals surface area contributed by atoms with E-state index in [1.54, 1.807) is 30.3 Å². The van der Waals surface area contributed by atoms with E-state index in [2.05, 4.69) is 5.32 Å². The van der Waals surface area contributed by atoms with Gasteiger partial charge in [0.2, 0.25) is 5.76 Å². The maximum atomic E-state index is 12.3. The third-order valence-corrected chi connectivity index (χ3v) is 4.09. The molecule has 0 saturated heterocycles. The number of rotatable bonds is 4. The second-order valence-electron chi connectivity index (χ2n) is 6.04. The summed E-state index contributed by atoms with van der Waals surface area (Å²) in [7, 11) is 0. The van der Waals surface area contributed by atoms with Gasteiger partial charge < -0.3 is 23.9 Å². The number of esters is 1. The molecule has 1 N–H and O–H groups in total. The Labute approximate surface area is 154 Å². The second-order valence-corrected chi connectivity index (χ2v) is 6.04. The molecule has 2 aromatic carbocycles. The van der Waals surface area contributed by atoms with Crippen LogP contribution in [0.15, 0.2) is 52.9 Å². The average molecular weight is 367 g/mol. The van der Waals surface area contributed by atoms with Crippen molar-refractivity contribution in [1.29, 1.82) is 0 Å². The van der Waals surface area contributed by atoms with Gasteiger partial charge >= 0.3 is 5.97 Å². The Morgan fingerprint density at radius 3 is 2.63 bits per heavy atom. The smallest absolute Gasteiger partial charge is 0.375 e. The van der Waals surface area contributed by atoms with Gasteiger partial charge in [-0.3, -0.25) is 4.79 Å². The van der Waals surface area contributed by atoms with E-state index < -0.39 is 18.0 Å². The van der Waals surface area contributed by atoms with Crippen LogP contribution in [0.3, 0.4) is 0 Å². The fourth-order valence-corrected chi connectivity index (χ4v) is 2.72.